The number of rotatable bonds is 3. The molecule has 0 nitrogen and oxygen atoms in total. The third-order valence-corrected chi connectivity index (χ3v) is 2.51. The van der Waals surface area contributed by atoms with Crippen LogP contribution in [0.5, 0.6) is 0 Å². The van der Waals surface area contributed by atoms with Crippen molar-refractivity contribution in [3.63, 3.8) is 0 Å². The van der Waals surface area contributed by atoms with E-state index in [1.54, 1.807) is 0 Å². The molecule has 60 valence electrons. The van der Waals surface area contributed by atoms with Crippen molar-refractivity contribution in [2.75, 3.05) is 0 Å². The summed E-state index contributed by atoms with van der Waals surface area (Å²) in [6, 6.07) is 8.88. The van der Waals surface area contributed by atoms with Gasteiger partial charge in [0.2, 0.25) is 0 Å². The maximum atomic E-state index is 2.60. The summed E-state index contributed by atoms with van der Waals surface area (Å²) in [5.41, 5.74) is 2.86. The van der Waals surface area contributed by atoms with Gasteiger partial charge in [-0.05, 0) is 0 Å². The molecule has 0 unspecified atom stereocenters. The number of benzene rings is 1. The molecular formula is C10H14Se. The Morgan fingerprint density at radius 2 is 1.64 bits per heavy atom. The Balaban J connectivity index is 2.66. The zero-order valence-corrected chi connectivity index (χ0v) is 8.75. The van der Waals surface area contributed by atoms with Crippen molar-refractivity contribution in [1.82, 2.24) is 0 Å². The van der Waals surface area contributed by atoms with E-state index in [2.05, 4.69) is 47.2 Å². The Morgan fingerprint density at radius 1 is 1.09 bits per heavy atom. The summed E-state index contributed by atoms with van der Waals surface area (Å²) in [6.07, 6.45) is 2.44. The van der Waals surface area contributed by atoms with Crippen LogP contribution in [0, 0.1) is 0 Å². The van der Waals surface area contributed by atoms with Gasteiger partial charge in [0, 0.05) is 0 Å². The summed E-state index contributed by atoms with van der Waals surface area (Å²) in [7, 11) is 0. The molecule has 0 bridgehead atoms. The van der Waals surface area contributed by atoms with Crippen LogP contribution >= 0.6 is 0 Å². The van der Waals surface area contributed by atoms with E-state index in [0.717, 1.165) is 5.32 Å². The normalized spacial score (nSPS) is 10.0. The Labute approximate surface area is 76.8 Å². The first-order valence-corrected chi connectivity index (χ1v) is 5.38. The van der Waals surface area contributed by atoms with Gasteiger partial charge in [0.1, 0.15) is 0 Å². The van der Waals surface area contributed by atoms with Gasteiger partial charge in [-0.15, -0.1) is 0 Å². The molecule has 0 saturated heterocycles. The summed E-state index contributed by atoms with van der Waals surface area (Å²) in [6.45, 7) is 2.21. The van der Waals surface area contributed by atoms with Crippen molar-refractivity contribution in [1.29, 1.82) is 0 Å². The van der Waals surface area contributed by atoms with Gasteiger partial charge in [0.25, 0.3) is 0 Å². The Kier molecular flexibility index (Phi) is 3.68. The molecule has 0 aliphatic rings. The Hall–Kier alpha value is -0.261. The minimum atomic E-state index is 1.08. The Bertz CT molecular complexity index is 201. The van der Waals surface area contributed by atoms with Gasteiger partial charge in [-0.3, -0.25) is 0 Å². The van der Waals surface area contributed by atoms with Crippen LogP contribution in [0.25, 0.3) is 0 Å². The van der Waals surface area contributed by atoms with Gasteiger partial charge in [-0.25, -0.2) is 0 Å². The van der Waals surface area contributed by atoms with Crippen LogP contribution in [0.2, 0.25) is 0 Å². The molecule has 1 heteroatoms. The predicted octanol–water partition coefficient (Wildman–Crippen LogP) is 2.04. The number of hydrogen-bond acceptors (Lipinski definition) is 0. The molecule has 1 aromatic carbocycles. The van der Waals surface area contributed by atoms with E-state index >= 15 is 0 Å². The first-order chi connectivity index (χ1) is 5.36. The summed E-state index contributed by atoms with van der Waals surface area (Å²) >= 11 is 2.60. The fraction of sp³-hybridized carbons (Fsp3) is 0.400. The SMILES string of the molecule is CCCc1ccc(C[SeH])cc1. The topological polar surface area (TPSA) is 0 Å². The van der Waals surface area contributed by atoms with E-state index in [0.29, 0.717) is 0 Å². The zero-order valence-electron chi connectivity index (χ0n) is 6.88. The van der Waals surface area contributed by atoms with Gasteiger partial charge in [0.05, 0.1) is 0 Å². The molecule has 0 fully saturated rings. The average Bonchev–Trinajstić information content (AvgIpc) is 2.07. The second-order valence-corrected chi connectivity index (χ2v) is 3.39. The van der Waals surface area contributed by atoms with Gasteiger partial charge in [-0.2, -0.15) is 0 Å². The predicted molar refractivity (Wildman–Crippen MR) is 51.3 cm³/mol. The Morgan fingerprint density at radius 3 is 2.09 bits per heavy atom. The summed E-state index contributed by atoms with van der Waals surface area (Å²) in [4.78, 5) is 0. The molecule has 0 amide bonds. The van der Waals surface area contributed by atoms with Crippen LogP contribution in [-0.2, 0) is 11.7 Å². The standard InChI is InChI=1S/C10H14Se/c1-2-3-9-4-6-10(8-11)7-5-9/h4-7,11H,2-3,8H2,1H3. The molecule has 0 N–H and O–H groups in total. The summed E-state index contributed by atoms with van der Waals surface area (Å²) in [5.74, 6) is 0. The van der Waals surface area contributed by atoms with Crippen LogP contribution in [-0.4, -0.2) is 16.0 Å². The molecule has 0 radical (unpaired) electrons. The fourth-order valence-corrected chi connectivity index (χ4v) is 1.54. The van der Waals surface area contributed by atoms with Gasteiger partial charge in [-0.1, -0.05) is 0 Å². The van der Waals surface area contributed by atoms with Crippen molar-refractivity contribution in [2.45, 2.75) is 25.1 Å². The van der Waals surface area contributed by atoms with E-state index in [1.807, 2.05) is 0 Å². The molecular weight excluding hydrogens is 199 g/mol. The average molecular weight is 213 g/mol. The molecule has 0 spiro atoms. The molecule has 11 heavy (non-hydrogen) atoms. The van der Waals surface area contributed by atoms with E-state index < -0.39 is 0 Å². The zero-order chi connectivity index (χ0) is 8.10. The molecule has 1 rings (SSSR count). The first-order valence-electron chi connectivity index (χ1n) is 4.05. The molecule has 0 aromatic heterocycles. The maximum absolute atomic E-state index is 2.60. The van der Waals surface area contributed by atoms with Crippen LogP contribution < -0.4 is 0 Å². The number of aryl methyl sites for hydroxylation is 1. The van der Waals surface area contributed by atoms with Gasteiger partial charge >= 0.3 is 76.5 Å². The van der Waals surface area contributed by atoms with Crippen molar-refractivity contribution >= 4 is 16.0 Å². The minimum absolute atomic E-state index is 1.08. The molecule has 0 atom stereocenters. The quantitative estimate of drug-likeness (QED) is 0.674. The molecule has 0 saturated carbocycles. The molecule has 0 heterocycles. The molecule has 0 aliphatic carbocycles. The monoisotopic (exact) mass is 214 g/mol. The van der Waals surface area contributed by atoms with Crippen LogP contribution in [0.4, 0.5) is 0 Å². The van der Waals surface area contributed by atoms with E-state index in [9.17, 15) is 0 Å². The fourth-order valence-electron chi connectivity index (χ4n) is 1.10. The van der Waals surface area contributed by atoms with Crippen molar-refractivity contribution in [3.05, 3.63) is 35.4 Å². The third-order valence-electron chi connectivity index (χ3n) is 1.74. The third kappa shape index (κ3) is 2.69. The first kappa shape index (κ1) is 8.83. The second kappa shape index (κ2) is 4.58. The van der Waals surface area contributed by atoms with E-state index in [-0.39, 0.29) is 0 Å². The summed E-state index contributed by atoms with van der Waals surface area (Å²) < 4.78 is 0. The summed E-state index contributed by atoms with van der Waals surface area (Å²) in [5, 5.41) is 1.08. The van der Waals surface area contributed by atoms with Gasteiger partial charge < -0.3 is 0 Å². The molecule has 0 aliphatic heterocycles. The van der Waals surface area contributed by atoms with Crippen molar-refractivity contribution in [3.8, 4) is 0 Å². The van der Waals surface area contributed by atoms with Crippen molar-refractivity contribution in [2.24, 2.45) is 0 Å². The van der Waals surface area contributed by atoms with E-state index in [4.69, 9.17) is 0 Å². The van der Waals surface area contributed by atoms with Gasteiger partial charge in [0.15, 0.2) is 0 Å². The van der Waals surface area contributed by atoms with E-state index in [1.165, 1.54) is 24.0 Å². The second-order valence-electron chi connectivity index (χ2n) is 2.72. The van der Waals surface area contributed by atoms with Crippen molar-refractivity contribution < 1.29 is 0 Å². The van der Waals surface area contributed by atoms with Crippen LogP contribution in [0.15, 0.2) is 24.3 Å². The molecule has 1 aromatic rings. The van der Waals surface area contributed by atoms with Crippen LogP contribution in [0.1, 0.15) is 24.5 Å². The number of hydrogen-bond donors (Lipinski definition) is 0. The van der Waals surface area contributed by atoms with Crippen LogP contribution in [0.3, 0.4) is 0 Å².